The lowest BCUT2D eigenvalue weighted by molar-refractivity contribution is 0.620. The zero-order chi connectivity index (χ0) is 32.1. The minimum Gasteiger partial charge on any atom is -0.436 e. The van der Waals surface area contributed by atoms with Gasteiger partial charge in [0.2, 0.25) is 11.8 Å². The van der Waals surface area contributed by atoms with Crippen molar-refractivity contribution in [3.63, 3.8) is 0 Å². The molecule has 0 spiro atoms. The second-order valence-electron chi connectivity index (χ2n) is 12.5. The first-order valence-electron chi connectivity index (χ1n) is 16.4. The monoisotopic (exact) mass is 627 g/mol. The molecule has 0 amide bonds. The minimum absolute atomic E-state index is 0.624. The highest BCUT2D eigenvalue weighted by Gasteiger charge is 2.21. The van der Waals surface area contributed by atoms with Crippen LogP contribution in [0.25, 0.3) is 99.8 Å². The fourth-order valence-corrected chi connectivity index (χ4v) is 7.46. The van der Waals surface area contributed by atoms with Crippen LogP contribution in [-0.4, -0.2) is 23.9 Å². The Morgan fingerprint density at radius 3 is 2.02 bits per heavy atom. The van der Waals surface area contributed by atoms with E-state index in [4.69, 9.17) is 19.4 Å². The predicted octanol–water partition coefficient (Wildman–Crippen LogP) is 10.8. The lowest BCUT2D eigenvalue weighted by atomic mass is 9.99. The van der Waals surface area contributed by atoms with Crippen molar-refractivity contribution >= 4 is 71.3 Å². The van der Waals surface area contributed by atoms with E-state index in [1.807, 2.05) is 36.4 Å². The number of fused-ring (bicyclic) bond motifs is 11. The van der Waals surface area contributed by atoms with Crippen molar-refractivity contribution in [2.45, 2.75) is 0 Å². The second-order valence-corrected chi connectivity index (χ2v) is 12.5. The Balaban J connectivity index is 1.18. The number of benzene rings is 7. The highest BCUT2D eigenvalue weighted by atomic mass is 16.3. The molecule has 0 aliphatic rings. The van der Waals surface area contributed by atoms with Gasteiger partial charge in [-0.3, -0.25) is 8.97 Å². The molecule has 0 aliphatic carbocycles. The number of rotatable bonds is 3. The van der Waals surface area contributed by atoms with E-state index in [2.05, 4.69) is 124 Å². The molecule has 0 fully saturated rings. The molecule has 0 bridgehead atoms. The minimum atomic E-state index is 0.624. The Bertz CT molecular complexity index is 3080. The van der Waals surface area contributed by atoms with Crippen molar-refractivity contribution in [1.82, 2.24) is 23.9 Å². The Morgan fingerprint density at radius 2 is 1.14 bits per heavy atom. The zero-order valence-corrected chi connectivity index (χ0v) is 26.1. The van der Waals surface area contributed by atoms with Crippen LogP contribution in [0.2, 0.25) is 0 Å². The molecule has 7 aromatic carbocycles. The molecule has 11 aromatic rings. The first-order valence-corrected chi connectivity index (χ1v) is 16.4. The van der Waals surface area contributed by atoms with Gasteiger partial charge in [-0.1, -0.05) is 84.9 Å². The maximum Gasteiger partial charge on any atom is 0.227 e. The number of oxazole rings is 1. The Morgan fingerprint density at radius 1 is 0.449 bits per heavy atom. The van der Waals surface area contributed by atoms with E-state index in [-0.39, 0.29) is 0 Å². The van der Waals surface area contributed by atoms with Gasteiger partial charge in [0.05, 0.1) is 27.6 Å². The van der Waals surface area contributed by atoms with Gasteiger partial charge < -0.3 is 4.42 Å². The molecular weight excluding hydrogens is 603 g/mol. The van der Waals surface area contributed by atoms with Crippen LogP contribution in [-0.2, 0) is 0 Å². The largest absolute Gasteiger partial charge is 0.436 e. The fraction of sp³-hybridized carbons (Fsp3) is 0. The van der Waals surface area contributed by atoms with Crippen LogP contribution in [0.4, 0.5) is 0 Å². The van der Waals surface area contributed by atoms with Gasteiger partial charge in [0.1, 0.15) is 11.2 Å². The summed E-state index contributed by atoms with van der Waals surface area (Å²) in [4.78, 5) is 15.2. The van der Waals surface area contributed by atoms with Crippen LogP contribution in [0.5, 0.6) is 0 Å². The van der Waals surface area contributed by atoms with E-state index in [0.717, 1.165) is 72.4 Å². The molecule has 0 saturated carbocycles. The molecule has 0 radical (unpaired) electrons. The number of aromatic nitrogens is 5. The Labute approximate surface area is 279 Å². The molecule has 0 aliphatic heterocycles. The van der Waals surface area contributed by atoms with Crippen molar-refractivity contribution in [2.24, 2.45) is 0 Å². The first-order chi connectivity index (χ1) is 24.3. The maximum absolute atomic E-state index is 6.04. The van der Waals surface area contributed by atoms with E-state index in [0.29, 0.717) is 5.89 Å². The summed E-state index contributed by atoms with van der Waals surface area (Å²) in [5, 5.41) is 5.80. The normalized spacial score (nSPS) is 12.1. The summed E-state index contributed by atoms with van der Waals surface area (Å²) in [5.41, 5.74) is 10.8. The molecule has 0 N–H and O–H groups in total. The van der Waals surface area contributed by atoms with Gasteiger partial charge in [-0.25, -0.2) is 15.0 Å². The van der Waals surface area contributed by atoms with Crippen molar-refractivity contribution in [2.75, 3.05) is 0 Å². The number of nitrogens with zero attached hydrogens (tertiary/aromatic N) is 5. The average molecular weight is 628 g/mol. The van der Waals surface area contributed by atoms with Crippen LogP contribution in [0, 0.1) is 0 Å². The first kappa shape index (κ1) is 26.3. The summed E-state index contributed by atoms with van der Waals surface area (Å²) >= 11 is 0. The molecule has 0 unspecified atom stereocenters. The summed E-state index contributed by atoms with van der Waals surface area (Å²) < 4.78 is 10.6. The Kier molecular flexibility index (Phi) is 5.29. The maximum atomic E-state index is 6.04. The van der Waals surface area contributed by atoms with Crippen LogP contribution in [0.3, 0.4) is 0 Å². The molecule has 11 rings (SSSR count). The third kappa shape index (κ3) is 3.79. The van der Waals surface area contributed by atoms with E-state index >= 15 is 0 Å². The smallest absolute Gasteiger partial charge is 0.227 e. The van der Waals surface area contributed by atoms with E-state index in [9.17, 15) is 0 Å². The van der Waals surface area contributed by atoms with E-state index in [1.165, 1.54) is 21.5 Å². The van der Waals surface area contributed by atoms with Crippen LogP contribution in [0.15, 0.2) is 156 Å². The summed E-state index contributed by atoms with van der Waals surface area (Å²) in [5.74, 6) is 1.44. The number of imidazole rings is 1. The summed E-state index contributed by atoms with van der Waals surface area (Å²) in [6.07, 6.45) is 0. The zero-order valence-electron chi connectivity index (χ0n) is 26.1. The van der Waals surface area contributed by atoms with Crippen molar-refractivity contribution in [3.8, 4) is 28.5 Å². The van der Waals surface area contributed by atoms with E-state index in [1.54, 1.807) is 0 Å². The number of hydrogen-bond acceptors (Lipinski definition) is 4. The lowest BCUT2D eigenvalue weighted by Gasteiger charge is -2.13. The predicted molar refractivity (Wildman–Crippen MR) is 198 cm³/mol. The number of hydrogen-bond donors (Lipinski definition) is 0. The van der Waals surface area contributed by atoms with Gasteiger partial charge in [-0.15, -0.1) is 0 Å². The molecule has 4 heterocycles. The molecule has 49 heavy (non-hydrogen) atoms. The van der Waals surface area contributed by atoms with Gasteiger partial charge in [0, 0.05) is 21.7 Å². The van der Waals surface area contributed by atoms with Crippen LogP contribution in [0.1, 0.15) is 0 Å². The van der Waals surface area contributed by atoms with Gasteiger partial charge in [-0.05, 0) is 88.6 Å². The molecule has 6 heteroatoms. The molecule has 0 atom stereocenters. The van der Waals surface area contributed by atoms with Crippen molar-refractivity contribution < 1.29 is 4.42 Å². The van der Waals surface area contributed by atoms with Crippen LogP contribution >= 0.6 is 0 Å². The van der Waals surface area contributed by atoms with Gasteiger partial charge in [-0.2, -0.15) is 0 Å². The molecule has 228 valence electrons. The molecule has 0 saturated heterocycles. The second kappa shape index (κ2) is 9.86. The van der Waals surface area contributed by atoms with Crippen LogP contribution < -0.4 is 0 Å². The fourth-order valence-electron chi connectivity index (χ4n) is 7.46. The standard InChI is InChI=1S/C43H25N5O/c1-2-10-30-27(9-1)21-24-38-40(30)32-25-29(26-17-19-28(20-18-26)42-45-35-14-6-8-16-39(35)49-42)22-23-36(32)47(38)43-46-33-12-4-3-11-31(33)41-44-34-13-5-7-15-37(34)48(41)43/h1-25H. The molecule has 4 aromatic heterocycles. The van der Waals surface area contributed by atoms with Crippen molar-refractivity contribution in [3.05, 3.63) is 152 Å². The van der Waals surface area contributed by atoms with E-state index < -0.39 is 0 Å². The summed E-state index contributed by atoms with van der Waals surface area (Å²) in [6.45, 7) is 0. The Hall–Kier alpha value is -6.79. The molecule has 6 nitrogen and oxygen atoms in total. The summed E-state index contributed by atoms with van der Waals surface area (Å²) in [7, 11) is 0. The van der Waals surface area contributed by atoms with Gasteiger partial charge in [0.15, 0.2) is 5.58 Å². The van der Waals surface area contributed by atoms with Crippen molar-refractivity contribution in [1.29, 1.82) is 0 Å². The average Bonchev–Trinajstić information content (AvgIpc) is 3.87. The topological polar surface area (TPSA) is 61.2 Å². The lowest BCUT2D eigenvalue weighted by Crippen LogP contribution is -2.06. The van der Waals surface area contributed by atoms with Gasteiger partial charge in [0.25, 0.3) is 0 Å². The number of para-hydroxylation sites is 5. The van der Waals surface area contributed by atoms with Gasteiger partial charge >= 0.3 is 0 Å². The highest BCUT2D eigenvalue weighted by molar-refractivity contribution is 6.22. The summed E-state index contributed by atoms with van der Waals surface area (Å²) in [6, 6.07) is 52.7. The third-order valence-electron chi connectivity index (χ3n) is 9.74. The third-order valence-corrected chi connectivity index (χ3v) is 9.74. The quantitative estimate of drug-likeness (QED) is 0.196. The highest BCUT2D eigenvalue weighted by Crippen LogP contribution is 2.40. The SMILES string of the molecule is c1ccc2c(c1)ccc1c2c2cc(-c3ccc(-c4nc5ccccc5o4)cc3)ccc2n1-c1nc2ccccc2c2nc3ccccc3n12. The molecular formula is C43H25N5O.